The van der Waals surface area contributed by atoms with Gasteiger partial charge in [-0.25, -0.2) is 0 Å². The standard InChI is InChI=1S/C12H24N2O3S/c1-2-14-12(11(13)17)5-3-4-10(6-12)18-8-9(16)7-15/h9-10,14-16H,2-8H2,1H3,(H2,13,17). The lowest BCUT2D eigenvalue weighted by Crippen LogP contribution is -2.58. The molecular weight excluding hydrogens is 252 g/mol. The molecule has 1 saturated carbocycles. The van der Waals surface area contributed by atoms with Gasteiger partial charge in [0.1, 0.15) is 0 Å². The van der Waals surface area contributed by atoms with E-state index in [1.165, 1.54) is 0 Å². The van der Waals surface area contributed by atoms with E-state index in [9.17, 15) is 9.90 Å². The van der Waals surface area contributed by atoms with Gasteiger partial charge in [-0.1, -0.05) is 6.92 Å². The molecule has 0 heterocycles. The molecule has 1 aliphatic carbocycles. The number of hydrogen-bond donors (Lipinski definition) is 4. The van der Waals surface area contributed by atoms with Crippen molar-refractivity contribution in [1.82, 2.24) is 5.32 Å². The molecule has 106 valence electrons. The summed E-state index contributed by atoms with van der Waals surface area (Å²) in [6, 6.07) is 0. The van der Waals surface area contributed by atoms with Crippen LogP contribution < -0.4 is 11.1 Å². The van der Waals surface area contributed by atoms with E-state index >= 15 is 0 Å². The highest BCUT2D eigenvalue weighted by Crippen LogP contribution is 2.35. The minimum absolute atomic E-state index is 0.214. The van der Waals surface area contributed by atoms with E-state index in [0.29, 0.717) is 17.4 Å². The van der Waals surface area contributed by atoms with Crippen LogP contribution in [-0.2, 0) is 4.79 Å². The molecule has 1 rings (SSSR count). The first kappa shape index (κ1) is 15.8. The van der Waals surface area contributed by atoms with Gasteiger partial charge in [-0.05, 0) is 32.2 Å². The van der Waals surface area contributed by atoms with Crippen molar-refractivity contribution in [1.29, 1.82) is 0 Å². The second kappa shape index (κ2) is 7.33. The van der Waals surface area contributed by atoms with Crippen LogP contribution in [0.3, 0.4) is 0 Å². The zero-order chi connectivity index (χ0) is 13.6. The Morgan fingerprint density at radius 3 is 2.94 bits per heavy atom. The van der Waals surface area contributed by atoms with Crippen LogP contribution in [0.15, 0.2) is 0 Å². The fourth-order valence-corrected chi connectivity index (χ4v) is 3.81. The molecule has 3 unspecified atom stereocenters. The van der Waals surface area contributed by atoms with Crippen LogP contribution in [0.5, 0.6) is 0 Å². The van der Waals surface area contributed by atoms with Crippen LogP contribution in [0.4, 0.5) is 0 Å². The van der Waals surface area contributed by atoms with Gasteiger partial charge >= 0.3 is 0 Å². The van der Waals surface area contributed by atoms with E-state index < -0.39 is 11.6 Å². The smallest absolute Gasteiger partial charge is 0.237 e. The van der Waals surface area contributed by atoms with Crippen molar-refractivity contribution in [3.63, 3.8) is 0 Å². The highest BCUT2D eigenvalue weighted by Gasteiger charge is 2.40. The van der Waals surface area contributed by atoms with Gasteiger partial charge in [0.15, 0.2) is 0 Å². The van der Waals surface area contributed by atoms with Gasteiger partial charge in [-0.15, -0.1) is 0 Å². The number of nitrogens with one attached hydrogen (secondary N) is 1. The predicted molar refractivity (Wildman–Crippen MR) is 73.4 cm³/mol. The highest BCUT2D eigenvalue weighted by molar-refractivity contribution is 7.99. The van der Waals surface area contributed by atoms with Crippen molar-refractivity contribution < 1.29 is 15.0 Å². The summed E-state index contributed by atoms with van der Waals surface area (Å²) in [7, 11) is 0. The normalized spacial score (nSPS) is 30.1. The summed E-state index contributed by atoms with van der Waals surface area (Å²) in [4.78, 5) is 11.7. The quantitative estimate of drug-likeness (QED) is 0.519. The summed E-state index contributed by atoms with van der Waals surface area (Å²) in [6.45, 7) is 2.48. The molecule has 1 fully saturated rings. The summed E-state index contributed by atoms with van der Waals surface area (Å²) >= 11 is 1.62. The highest BCUT2D eigenvalue weighted by atomic mass is 32.2. The largest absolute Gasteiger partial charge is 0.394 e. The zero-order valence-corrected chi connectivity index (χ0v) is 11.7. The van der Waals surface area contributed by atoms with Gasteiger partial charge in [0, 0.05) is 11.0 Å². The second-order valence-electron chi connectivity index (χ2n) is 4.86. The summed E-state index contributed by atoms with van der Waals surface area (Å²) in [5.41, 5.74) is 4.94. The van der Waals surface area contributed by atoms with Gasteiger partial charge in [-0.2, -0.15) is 11.8 Å². The SMILES string of the molecule is CCNC1(C(N)=O)CCCC(SCC(O)CO)C1. The summed E-state index contributed by atoms with van der Waals surface area (Å²) < 4.78 is 0. The molecule has 18 heavy (non-hydrogen) atoms. The third-order valence-corrected chi connectivity index (χ3v) is 4.88. The van der Waals surface area contributed by atoms with Crippen LogP contribution >= 0.6 is 11.8 Å². The molecule has 0 aromatic heterocycles. The third kappa shape index (κ3) is 4.12. The van der Waals surface area contributed by atoms with Crippen LogP contribution in [0.25, 0.3) is 0 Å². The number of amides is 1. The van der Waals surface area contributed by atoms with E-state index in [-0.39, 0.29) is 12.5 Å². The Morgan fingerprint density at radius 1 is 1.67 bits per heavy atom. The van der Waals surface area contributed by atoms with Crippen LogP contribution in [0.1, 0.15) is 32.6 Å². The van der Waals surface area contributed by atoms with Crippen molar-refractivity contribution in [3.05, 3.63) is 0 Å². The molecule has 0 aromatic rings. The predicted octanol–water partition coefficient (Wildman–Crippen LogP) is -0.151. The van der Waals surface area contributed by atoms with Crippen LogP contribution in [0.2, 0.25) is 0 Å². The van der Waals surface area contributed by atoms with Crippen LogP contribution in [0, 0.1) is 0 Å². The fourth-order valence-electron chi connectivity index (χ4n) is 2.48. The van der Waals surface area contributed by atoms with Crippen LogP contribution in [-0.4, -0.2) is 51.9 Å². The molecule has 1 aliphatic rings. The average Bonchev–Trinajstić information content (AvgIpc) is 2.36. The van der Waals surface area contributed by atoms with E-state index in [1.54, 1.807) is 11.8 Å². The molecule has 0 radical (unpaired) electrons. The van der Waals surface area contributed by atoms with Gasteiger partial charge in [0.05, 0.1) is 18.2 Å². The number of aliphatic hydroxyl groups is 2. The first-order chi connectivity index (χ1) is 8.54. The molecule has 0 spiro atoms. The van der Waals surface area contributed by atoms with Gasteiger partial charge in [0.2, 0.25) is 5.91 Å². The first-order valence-electron chi connectivity index (χ1n) is 6.49. The number of nitrogens with two attached hydrogens (primary N) is 1. The Morgan fingerprint density at radius 2 is 2.39 bits per heavy atom. The number of carbonyl (C=O) groups excluding carboxylic acids is 1. The maximum absolute atomic E-state index is 11.7. The Labute approximate surface area is 113 Å². The molecule has 1 amide bonds. The first-order valence-corrected chi connectivity index (χ1v) is 7.54. The minimum atomic E-state index is -0.681. The van der Waals surface area contributed by atoms with E-state index in [0.717, 1.165) is 25.8 Å². The Bertz CT molecular complexity index is 274. The van der Waals surface area contributed by atoms with Crippen molar-refractivity contribution in [2.24, 2.45) is 5.73 Å². The number of likely N-dealkylation sites (N-methyl/N-ethyl adjacent to an activating group) is 1. The second-order valence-corrected chi connectivity index (χ2v) is 6.20. The molecule has 5 nitrogen and oxygen atoms in total. The molecular formula is C12H24N2O3S. The molecule has 0 aromatic carbocycles. The topological polar surface area (TPSA) is 95.6 Å². The molecule has 0 saturated heterocycles. The van der Waals surface area contributed by atoms with Gasteiger partial charge in [0.25, 0.3) is 0 Å². The van der Waals surface area contributed by atoms with Crippen molar-refractivity contribution >= 4 is 17.7 Å². The fraction of sp³-hybridized carbons (Fsp3) is 0.917. The summed E-state index contributed by atoms with van der Waals surface area (Å²) in [5.74, 6) is 0.222. The molecule has 0 bridgehead atoms. The monoisotopic (exact) mass is 276 g/mol. The minimum Gasteiger partial charge on any atom is -0.394 e. The summed E-state index contributed by atoms with van der Waals surface area (Å²) in [5, 5.41) is 21.7. The zero-order valence-electron chi connectivity index (χ0n) is 10.9. The van der Waals surface area contributed by atoms with Crippen molar-refractivity contribution in [2.45, 2.75) is 49.5 Å². The molecule has 0 aliphatic heterocycles. The Kier molecular flexibility index (Phi) is 6.42. The van der Waals surface area contributed by atoms with Crippen molar-refractivity contribution in [2.75, 3.05) is 18.9 Å². The van der Waals surface area contributed by atoms with Gasteiger partial charge in [-0.3, -0.25) is 4.79 Å². The third-order valence-electron chi connectivity index (χ3n) is 3.43. The number of carbonyl (C=O) groups is 1. The number of aliphatic hydroxyl groups excluding tert-OH is 2. The number of rotatable bonds is 7. The number of primary amides is 1. The van der Waals surface area contributed by atoms with E-state index in [4.69, 9.17) is 10.8 Å². The Hall–Kier alpha value is -0.300. The lowest BCUT2D eigenvalue weighted by atomic mass is 9.80. The number of thioether (sulfide) groups is 1. The van der Waals surface area contributed by atoms with Crippen molar-refractivity contribution in [3.8, 4) is 0 Å². The van der Waals surface area contributed by atoms with E-state index in [2.05, 4.69) is 5.32 Å². The molecule has 3 atom stereocenters. The molecule has 6 heteroatoms. The maximum atomic E-state index is 11.7. The lowest BCUT2D eigenvalue weighted by Gasteiger charge is -2.39. The average molecular weight is 276 g/mol. The van der Waals surface area contributed by atoms with Gasteiger partial charge < -0.3 is 21.3 Å². The maximum Gasteiger partial charge on any atom is 0.237 e. The number of hydrogen-bond acceptors (Lipinski definition) is 5. The summed E-state index contributed by atoms with van der Waals surface area (Å²) in [6.07, 6.45) is 2.81. The molecule has 5 N–H and O–H groups in total. The Balaban J connectivity index is 2.55. The lowest BCUT2D eigenvalue weighted by molar-refractivity contribution is -0.125. The van der Waals surface area contributed by atoms with E-state index in [1.807, 2.05) is 6.92 Å².